The molecular weight excluding hydrogens is 290 g/mol. The molecule has 5 nitrogen and oxygen atoms in total. The largest absolute Gasteiger partial charge is 0.363 e. The van der Waals surface area contributed by atoms with Crippen LogP contribution in [0.4, 0.5) is 0 Å². The van der Waals surface area contributed by atoms with E-state index in [0.29, 0.717) is 19.4 Å². The Hall–Kier alpha value is -1.40. The van der Waals surface area contributed by atoms with E-state index in [1.807, 2.05) is 24.3 Å². The number of hydrogen-bond acceptors (Lipinski definition) is 4. The number of rotatable bonds is 3. The van der Waals surface area contributed by atoms with Crippen molar-refractivity contribution in [3.63, 3.8) is 0 Å². The van der Waals surface area contributed by atoms with Gasteiger partial charge >= 0.3 is 0 Å². The molecule has 114 valence electrons. The molecule has 1 aromatic carbocycles. The first-order valence-corrected chi connectivity index (χ1v) is 8.87. The number of fused-ring (bicyclic) bond motifs is 1. The Morgan fingerprint density at radius 2 is 1.90 bits per heavy atom. The average molecular weight is 309 g/mol. The molecule has 0 aromatic heterocycles. The molecule has 0 spiro atoms. The minimum absolute atomic E-state index is 0.429. The van der Waals surface area contributed by atoms with Crippen LogP contribution in [0.3, 0.4) is 0 Å². The Morgan fingerprint density at radius 1 is 1.19 bits per heavy atom. The fourth-order valence-electron chi connectivity index (χ4n) is 3.09. The summed E-state index contributed by atoms with van der Waals surface area (Å²) in [6, 6.07) is 7.51. The minimum Gasteiger partial charge on any atom is -0.363 e. The molecular formula is C15H19NO4S. The van der Waals surface area contributed by atoms with Crippen LogP contribution in [0.5, 0.6) is 0 Å². The first-order chi connectivity index (χ1) is 10.1. The van der Waals surface area contributed by atoms with Crippen LogP contribution in [0.25, 0.3) is 0 Å². The maximum atomic E-state index is 12.3. The highest BCUT2D eigenvalue weighted by Gasteiger charge is 2.34. The monoisotopic (exact) mass is 309 g/mol. The van der Waals surface area contributed by atoms with Crippen molar-refractivity contribution in [1.82, 2.24) is 4.72 Å². The third-order valence-electron chi connectivity index (χ3n) is 4.22. The van der Waals surface area contributed by atoms with Crippen LogP contribution in [0.2, 0.25) is 0 Å². The maximum absolute atomic E-state index is 12.3. The molecule has 1 aromatic rings. The van der Waals surface area contributed by atoms with Gasteiger partial charge in [-0.1, -0.05) is 37.1 Å². The molecule has 0 saturated heterocycles. The smallest absolute Gasteiger partial charge is 0.267 e. The molecule has 1 atom stereocenters. The second-order valence-corrected chi connectivity index (χ2v) is 7.58. The zero-order valence-corrected chi connectivity index (χ0v) is 12.6. The van der Waals surface area contributed by atoms with Gasteiger partial charge in [-0.3, -0.25) is 9.52 Å². The molecule has 1 amide bonds. The number of benzene rings is 1. The van der Waals surface area contributed by atoms with E-state index in [4.69, 9.17) is 4.74 Å². The van der Waals surface area contributed by atoms with Crippen molar-refractivity contribution >= 4 is 15.9 Å². The molecule has 0 unspecified atom stereocenters. The molecule has 1 saturated carbocycles. The predicted octanol–water partition coefficient (Wildman–Crippen LogP) is 1.69. The van der Waals surface area contributed by atoms with Gasteiger partial charge < -0.3 is 4.74 Å². The first-order valence-electron chi connectivity index (χ1n) is 7.33. The minimum atomic E-state index is -3.59. The van der Waals surface area contributed by atoms with Crippen molar-refractivity contribution in [3.05, 3.63) is 35.4 Å². The number of carbonyl (C=O) groups excluding carboxylic acids is 1. The summed E-state index contributed by atoms with van der Waals surface area (Å²) in [5.74, 6) is -0.575. The topological polar surface area (TPSA) is 72.5 Å². The second kappa shape index (κ2) is 5.77. The van der Waals surface area contributed by atoms with Crippen LogP contribution >= 0.6 is 0 Å². The van der Waals surface area contributed by atoms with Gasteiger partial charge in [0.2, 0.25) is 10.0 Å². The lowest BCUT2D eigenvalue weighted by atomic mass is 9.97. The van der Waals surface area contributed by atoms with Crippen molar-refractivity contribution in [1.29, 1.82) is 0 Å². The number of nitrogens with one attached hydrogen (secondary N) is 1. The third-order valence-corrected chi connectivity index (χ3v) is 6.05. The third kappa shape index (κ3) is 2.96. The fraction of sp³-hybridized carbons (Fsp3) is 0.533. The number of ether oxygens (including phenoxy) is 1. The Morgan fingerprint density at radius 3 is 2.67 bits per heavy atom. The number of sulfonamides is 1. The van der Waals surface area contributed by atoms with E-state index in [0.717, 1.165) is 30.4 Å². The molecule has 1 heterocycles. The van der Waals surface area contributed by atoms with Crippen molar-refractivity contribution < 1.29 is 17.9 Å². The molecule has 1 fully saturated rings. The molecule has 0 radical (unpaired) electrons. The number of amides is 1. The highest BCUT2D eigenvalue weighted by molar-refractivity contribution is 7.90. The van der Waals surface area contributed by atoms with Gasteiger partial charge in [-0.15, -0.1) is 0 Å². The van der Waals surface area contributed by atoms with Gasteiger partial charge in [0.15, 0.2) is 6.10 Å². The standard InChI is InChI=1S/C15H19NO4S/c17-15(16-21(18,19)12-6-2-3-7-12)14-13-8-4-1-5-11(13)9-10-20-14/h1,4-5,8,12,14H,2-3,6-7,9-10H2,(H,16,17)/t14-/m0/s1. The summed E-state index contributed by atoms with van der Waals surface area (Å²) in [6.45, 7) is 0.429. The van der Waals surface area contributed by atoms with E-state index in [1.54, 1.807) is 0 Å². The summed E-state index contributed by atoms with van der Waals surface area (Å²) < 4.78 is 32.1. The van der Waals surface area contributed by atoms with Gasteiger partial charge in [-0.2, -0.15) is 0 Å². The lowest BCUT2D eigenvalue weighted by Crippen LogP contribution is -2.41. The van der Waals surface area contributed by atoms with Gasteiger partial charge in [0.05, 0.1) is 11.9 Å². The van der Waals surface area contributed by atoms with Gasteiger partial charge in [0.25, 0.3) is 5.91 Å². The lowest BCUT2D eigenvalue weighted by molar-refractivity contribution is -0.132. The number of carbonyl (C=O) groups is 1. The van der Waals surface area contributed by atoms with Crippen molar-refractivity contribution in [2.24, 2.45) is 0 Å². The zero-order valence-electron chi connectivity index (χ0n) is 11.7. The SMILES string of the molecule is O=C(NS(=O)(=O)C1CCCC1)[C@H]1OCCc2ccccc21. The predicted molar refractivity (Wildman–Crippen MR) is 78.2 cm³/mol. The van der Waals surface area contributed by atoms with Gasteiger partial charge in [0.1, 0.15) is 0 Å². The van der Waals surface area contributed by atoms with Gasteiger partial charge in [-0.05, 0) is 30.4 Å². The molecule has 2 aliphatic rings. The average Bonchev–Trinajstić information content (AvgIpc) is 3.01. The van der Waals surface area contributed by atoms with Crippen LogP contribution in [0.1, 0.15) is 42.9 Å². The lowest BCUT2D eigenvalue weighted by Gasteiger charge is -2.25. The Kier molecular flexibility index (Phi) is 3.99. The summed E-state index contributed by atoms with van der Waals surface area (Å²) in [4.78, 5) is 12.3. The molecule has 1 aliphatic heterocycles. The Balaban J connectivity index is 1.77. The van der Waals surface area contributed by atoms with Crippen LogP contribution in [-0.2, 0) is 26.0 Å². The molecule has 3 rings (SSSR count). The highest BCUT2D eigenvalue weighted by atomic mass is 32.2. The van der Waals surface area contributed by atoms with Crippen LogP contribution in [0, 0.1) is 0 Å². The van der Waals surface area contributed by atoms with Gasteiger partial charge in [0, 0.05) is 0 Å². The van der Waals surface area contributed by atoms with E-state index in [1.165, 1.54) is 0 Å². The summed E-state index contributed by atoms with van der Waals surface area (Å²) in [5, 5.41) is -0.444. The van der Waals surface area contributed by atoms with Crippen molar-refractivity contribution in [2.75, 3.05) is 6.61 Å². The maximum Gasteiger partial charge on any atom is 0.267 e. The van der Waals surface area contributed by atoms with Crippen molar-refractivity contribution in [3.8, 4) is 0 Å². The first kappa shape index (κ1) is 14.5. The van der Waals surface area contributed by atoms with E-state index in [-0.39, 0.29) is 0 Å². The summed E-state index contributed by atoms with van der Waals surface area (Å²) >= 11 is 0. The van der Waals surface area contributed by atoms with Crippen LogP contribution in [0.15, 0.2) is 24.3 Å². The normalized spacial score (nSPS) is 22.8. The van der Waals surface area contributed by atoms with E-state index >= 15 is 0 Å². The van der Waals surface area contributed by atoms with Crippen LogP contribution < -0.4 is 4.72 Å². The molecule has 21 heavy (non-hydrogen) atoms. The molecule has 1 N–H and O–H groups in total. The fourth-order valence-corrected chi connectivity index (χ4v) is 4.59. The Labute approximate surface area is 124 Å². The summed E-state index contributed by atoms with van der Waals surface area (Å²) in [5.41, 5.74) is 1.81. The zero-order chi connectivity index (χ0) is 14.9. The molecule has 6 heteroatoms. The van der Waals surface area contributed by atoms with E-state index < -0.39 is 27.3 Å². The van der Waals surface area contributed by atoms with Gasteiger partial charge in [-0.25, -0.2) is 8.42 Å². The van der Waals surface area contributed by atoms with E-state index in [9.17, 15) is 13.2 Å². The van der Waals surface area contributed by atoms with E-state index in [2.05, 4.69) is 4.72 Å². The number of hydrogen-bond donors (Lipinski definition) is 1. The molecule has 0 bridgehead atoms. The second-order valence-electron chi connectivity index (χ2n) is 5.62. The summed E-state index contributed by atoms with van der Waals surface area (Å²) in [7, 11) is -3.59. The summed E-state index contributed by atoms with van der Waals surface area (Å²) in [6.07, 6.45) is 2.99. The molecule has 1 aliphatic carbocycles. The quantitative estimate of drug-likeness (QED) is 0.922. The Bertz CT molecular complexity index is 635. The van der Waals surface area contributed by atoms with Crippen molar-refractivity contribution in [2.45, 2.75) is 43.5 Å². The highest BCUT2D eigenvalue weighted by Crippen LogP contribution is 2.28. The van der Waals surface area contributed by atoms with Crippen LogP contribution in [-0.4, -0.2) is 26.2 Å².